The molecule has 1 saturated carbocycles. The first kappa shape index (κ1) is 30.5. The van der Waals surface area contributed by atoms with E-state index in [1.165, 1.54) is 4.90 Å². The Bertz CT molecular complexity index is 1340. The predicted molar refractivity (Wildman–Crippen MR) is 154 cm³/mol. The van der Waals surface area contributed by atoms with Gasteiger partial charge >= 0.3 is 0 Å². The molecule has 0 bridgehead atoms. The number of benzene rings is 1. The molecule has 0 heterocycles. The number of phenols is 1. The molecule has 4 rings (SSSR count). The molecule has 1 aromatic rings. The first-order chi connectivity index (χ1) is 19.2. The maximum atomic E-state index is 14.1. The van der Waals surface area contributed by atoms with E-state index in [2.05, 4.69) is 19.2 Å². The number of likely N-dealkylation sites (N-methyl/N-ethyl adjacent to an activating group) is 1. The Morgan fingerprint density at radius 2 is 1.78 bits per heavy atom. The number of Topliss-reactive ketones (excluding diaryl/α,β-unsaturated/α-hetero) is 2. The zero-order valence-corrected chi connectivity index (χ0v) is 24.6. The number of hydrogen-bond acceptors (Lipinski definition) is 10. The molecule has 0 unspecified atom stereocenters. The summed E-state index contributed by atoms with van der Waals surface area (Å²) in [5.41, 5.74) is 3.81. The van der Waals surface area contributed by atoms with Gasteiger partial charge in [0.25, 0.3) is 5.91 Å². The first-order valence-corrected chi connectivity index (χ1v) is 14.1. The zero-order chi connectivity index (χ0) is 30.5. The molecule has 11 nitrogen and oxygen atoms in total. The van der Waals surface area contributed by atoms with Crippen molar-refractivity contribution >= 4 is 28.9 Å². The minimum atomic E-state index is -2.65. The quantitative estimate of drug-likeness (QED) is 0.239. The van der Waals surface area contributed by atoms with Crippen molar-refractivity contribution in [3.05, 3.63) is 39.7 Å². The fraction of sp³-hybridized carbons (Fsp3) is 0.567. The number of hydrogen-bond donors (Lipinski definition) is 6. The number of rotatable bonds is 9. The number of fused-ring (bicyclic) bond motifs is 3. The summed E-state index contributed by atoms with van der Waals surface area (Å²) in [6.45, 7) is 5.33. The number of phenolic OH excluding ortho intramolecular Hbond substituents is 1. The average Bonchev–Trinajstić information content (AvgIpc) is 2.89. The van der Waals surface area contributed by atoms with E-state index in [-0.39, 0.29) is 29.7 Å². The third-order valence-corrected chi connectivity index (χ3v) is 9.16. The number of ketones is 2. The van der Waals surface area contributed by atoms with Crippen LogP contribution in [0.5, 0.6) is 5.75 Å². The van der Waals surface area contributed by atoms with Crippen molar-refractivity contribution in [1.82, 2.24) is 10.2 Å². The van der Waals surface area contributed by atoms with Gasteiger partial charge in [0.1, 0.15) is 22.8 Å². The molecular weight excluding hydrogens is 528 g/mol. The van der Waals surface area contributed by atoms with Gasteiger partial charge in [-0.05, 0) is 56.9 Å². The highest BCUT2D eigenvalue weighted by atomic mass is 16.3. The van der Waals surface area contributed by atoms with Gasteiger partial charge in [-0.25, -0.2) is 0 Å². The van der Waals surface area contributed by atoms with E-state index in [0.29, 0.717) is 23.6 Å². The summed E-state index contributed by atoms with van der Waals surface area (Å²) in [5.74, 6) is -6.03. The number of anilines is 1. The van der Waals surface area contributed by atoms with Crippen LogP contribution in [0, 0.1) is 17.8 Å². The molecule has 224 valence electrons. The van der Waals surface area contributed by atoms with E-state index in [1.54, 1.807) is 14.1 Å². The van der Waals surface area contributed by atoms with Crippen LogP contribution >= 0.6 is 0 Å². The second-order valence-corrected chi connectivity index (χ2v) is 11.9. The lowest BCUT2D eigenvalue weighted by Crippen LogP contribution is -2.65. The van der Waals surface area contributed by atoms with E-state index in [9.17, 15) is 34.8 Å². The Morgan fingerprint density at radius 3 is 2.32 bits per heavy atom. The maximum Gasteiger partial charge on any atom is 0.255 e. The van der Waals surface area contributed by atoms with Crippen molar-refractivity contribution in [3.8, 4) is 5.75 Å². The zero-order valence-electron chi connectivity index (χ0n) is 24.6. The van der Waals surface area contributed by atoms with E-state index in [4.69, 9.17) is 5.73 Å². The minimum Gasteiger partial charge on any atom is -0.508 e. The van der Waals surface area contributed by atoms with E-state index in [1.807, 2.05) is 25.1 Å². The Balaban J connectivity index is 1.88. The largest absolute Gasteiger partial charge is 0.508 e. The molecule has 0 spiro atoms. The van der Waals surface area contributed by atoms with Gasteiger partial charge in [-0.2, -0.15) is 0 Å². The SMILES string of the molecule is CCC(CC)CNCc1cc(N(C)C)c2c(c1O)C(O)=C1C(=O)[C@]3(O)C(O)=C(C(N)=O)C(=O)[C@H](N(C)C)[C@@H]3C[C@@H]1C2. The van der Waals surface area contributed by atoms with Crippen LogP contribution in [0.15, 0.2) is 23.0 Å². The van der Waals surface area contributed by atoms with Gasteiger partial charge in [-0.15, -0.1) is 0 Å². The molecule has 0 saturated heterocycles. The first-order valence-electron chi connectivity index (χ1n) is 14.1. The summed E-state index contributed by atoms with van der Waals surface area (Å²) in [4.78, 5) is 42.8. The molecule has 1 amide bonds. The van der Waals surface area contributed by atoms with Gasteiger partial charge in [0.05, 0.1) is 11.6 Å². The normalized spacial score (nSPS) is 25.9. The Hall–Kier alpha value is -3.41. The summed E-state index contributed by atoms with van der Waals surface area (Å²) >= 11 is 0. The number of primary amides is 1. The number of aliphatic hydroxyl groups is 3. The number of aliphatic hydroxyl groups excluding tert-OH is 2. The lowest BCUT2D eigenvalue weighted by Gasteiger charge is -2.50. The molecule has 1 aromatic carbocycles. The minimum absolute atomic E-state index is 0.0537. The smallest absolute Gasteiger partial charge is 0.255 e. The van der Waals surface area contributed by atoms with Crippen LogP contribution in [0.4, 0.5) is 5.69 Å². The summed E-state index contributed by atoms with van der Waals surface area (Å²) in [6, 6.07) is 0.756. The molecule has 7 N–H and O–H groups in total. The molecule has 41 heavy (non-hydrogen) atoms. The van der Waals surface area contributed by atoms with Crippen LogP contribution in [0.3, 0.4) is 0 Å². The van der Waals surface area contributed by atoms with Crippen LogP contribution < -0.4 is 16.0 Å². The van der Waals surface area contributed by atoms with E-state index in [0.717, 1.165) is 25.1 Å². The predicted octanol–water partition coefficient (Wildman–Crippen LogP) is 1.56. The van der Waals surface area contributed by atoms with Crippen molar-refractivity contribution in [3.63, 3.8) is 0 Å². The number of carbonyl (C=O) groups excluding carboxylic acids is 3. The molecule has 1 fully saturated rings. The van der Waals surface area contributed by atoms with Crippen LogP contribution in [-0.2, 0) is 27.3 Å². The molecule has 0 aromatic heterocycles. The van der Waals surface area contributed by atoms with Gasteiger partial charge in [0.2, 0.25) is 5.78 Å². The third-order valence-electron chi connectivity index (χ3n) is 9.16. The van der Waals surface area contributed by atoms with Crippen molar-refractivity contribution < 1.29 is 34.8 Å². The van der Waals surface area contributed by atoms with Gasteiger partial charge in [0.15, 0.2) is 11.4 Å². The number of aromatic hydroxyl groups is 1. The molecule has 3 aliphatic carbocycles. The highest BCUT2D eigenvalue weighted by Gasteiger charge is 2.64. The summed E-state index contributed by atoms with van der Waals surface area (Å²) in [5, 5.41) is 49.2. The van der Waals surface area contributed by atoms with Gasteiger partial charge < -0.3 is 36.4 Å². The average molecular weight is 571 g/mol. The number of nitrogens with zero attached hydrogens (tertiary/aromatic N) is 2. The highest BCUT2D eigenvalue weighted by molar-refractivity contribution is 6.24. The van der Waals surface area contributed by atoms with Crippen molar-refractivity contribution in [2.75, 3.05) is 39.6 Å². The number of carbonyl (C=O) groups is 3. The van der Waals surface area contributed by atoms with E-state index >= 15 is 0 Å². The van der Waals surface area contributed by atoms with Gasteiger partial charge in [-0.3, -0.25) is 19.3 Å². The van der Waals surface area contributed by atoms with Crippen molar-refractivity contribution in [2.24, 2.45) is 23.5 Å². The van der Waals surface area contributed by atoms with E-state index < -0.39 is 58.0 Å². The molecule has 3 aliphatic rings. The second kappa shape index (κ2) is 11.1. The van der Waals surface area contributed by atoms with Gasteiger partial charge in [-0.1, -0.05) is 26.7 Å². The van der Waals surface area contributed by atoms with Crippen LogP contribution in [0.25, 0.3) is 5.76 Å². The third kappa shape index (κ3) is 4.69. The lowest BCUT2D eigenvalue weighted by atomic mass is 9.57. The lowest BCUT2D eigenvalue weighted by molar-refractivity contribution is -0.153. The summed E-state index contributed by atoms with van der Waals surface area (Å²) in [6.07, 6.45) is 2.33. The van der Waals surface area contributed by atoms with Crippen molar-refractivity contribution in [2.45, 2.75) is 57.7 Å². The molecular formula is C30H42N4O7. The molecule has 4 atom stereocenters. The monoisotopic (exact) mass is 570 g/mol. The molecule has 11 heteroatoms. The fourth-order valence-corrected chi connectivity index (χ4v) is 6.87. The standard InChI is InChI=1S/C30H42N4O7/c1-7-14(8-2)12-32-13-16-11-19(33(3)4)17-9-15-10-18-23(34(5)6)26(37)22(29(31)40)28(39)30(18,41)27(38)20(15)25(36)21(17)24(16)35/h11,14-15,18,23,32,35-36,39,41H,7-10,12-13H2,1-6H3,(H2,31,40)/t15-,18-,23+,30-/m0/s1. The Kier molecular flexibility index (Phi) is 8.28. The Morgan fingerprint density at radius 1 is 1.15 bits per heavy atom. The topological polar surface area (TPSA) is 177 Å². The fourth-order valence-electron chi connectivity index (χ4n) is 6.87. The van der Waals surface area contributed by atoms with Crippen LogP contribution in [0.2, 0.25) is 0 Å². The van der Waals surface area contributed by atoms with Crippen molar-refractivity contribution in [1.29, 1.82) is 0 Å². The number of nitrogens with two attached hydrogens (primary N) is 1. The molecule has 0 radical (unpaired) electrons. The Labute approximate surface area is 240 Å². The maximum absolute atomic E-state index is 14.1. The highest BCUT2D eigenvalue weighted by Crippen LogP contribution is 2.54. The number of amides is 1. The van der Waals surface area contributed by atoms with Gasteiger partial charge in [0, 0.05) is 43.4 Å². The summed E-state index contributed by atoms with van der Waals surface area (Å²) < 4.78 is 0. The van der Waals surface area contributed by atoms with Crippen LogP contribution in [-0.4, -0.2) is 89.2 Å². The second-order valence-electron chi connectivity index (χ2n) is 11.9. The summed E-state index contributed by atoms with van der Waals surface area (Å²) in [7, 11) is 6.86. The number of nitrogens with one attached hydrogen (secondary N) is 1. The molecule has 0 aliphatic heterocycles. The van der Waals surface area contributed by atoms with Crippen LogP contribution in [0.1, 0.15) is 49.8 Å².